The first-order valence-corrected chi connectivity index (χ1v) is 5.35. The first-order chi connectivity index (χ1) is 7.22. The number of rotatable bonds is 2. The smallest absolute Gasteiger partial charge is 0.133 e. The molecule has 0 fully saturated rings. The van der Waals surface area contributed by atoms with Gasteiger partial charge in [0.1, 0.15) is 5.75 Å². The van der Waals surface area contributed by atoms with Crippen molar-refractivity contribution in [3.8, 4) is 17.0 Å². The molecule has 0 saturated carbocycles. The number of nitrogens with one attached hydrogen (secondary N) is 1. The molecule has 0 aliphatic rings. The molecule has 0 amide bonds. The number of aryl methyl sites for hydroxylation is 1. The van der Waals surface area contributed by atoms with Gasteiger partial charge < -0.3 is 9.72 Å². The lowest BCUT2D eigenvalue weighted by Crippen LogP contribution is -1.86. The van der Waals surface area contributed by atoms with Gasteiger partial charge in [0.2, 0.25) is 0 Å². The SMILES string of the molecule is COc1ccc(-c2nc[nH]c2C)cc1Br. The Labute approximate surface area is 96.6 Å². The van der Waals surface area contributed by atoms with Crippen molar-refractivity contribution in [3.63, 3.8) is 0 Å². The number of hydrogen-bond acceptors (Lipinski definition) is 2. The van der Waals surface area contributed by atoms with Crippen LogP contribution in [-0.2, 0) is 0 Å². The van der Waals surface area contributed by atoms with Gasteiger partial charge in [-0.05, 0) is 41.1 Å². The Bertz CT molecular complexity index is 479. The molecular formula is C11H11BrN2O. The Balaban J connectivity index is 2.47. The Morgan fingerprint density at radius 1 is 1.40 bits per heavy atom. The van der Waals surface area contributed by atoms with Gasteiger partial charge in [-0.3, -0.25) is 0 Å². The number of aromatic amines is 1. The summed E-state index contributed by atoms with van der Waals surface area (Å²) < 4.78 is 6.11. The van der Waals surface area contributed by atoms with E-state index in [1.807, 2.05) is 25.1 Å². The average molecular weight is 267 g/mol. The van der Waals surface area contributed by atoms with Crippen LogP contribution < -0.4 is 4.74 Å². The van der Waals surface area contributed by atoms with Gasteiger partial charge >= 0.3 is 0 Å². The fraction of sp³-hybridized carbons (Fsp3) is 0.182. The van der Waals surface area contributed by atoms with E-state index in [1.165, 1.54) is 0 Å². The second-order valence-electron chi connectivity index (χ2n) is 3.23. The minimum atomic E-state index is 0.826. The largest absolute Gasteiger partial charge is 0.496 e. The van der Waals surface area contributed by atoms with Crippen LogP contribution in [0.4, 0.5) is 0 Å². The highest BCUT2D eigenvalue weighted by Crippen LogP contribution is 2.30. The predicted octanol–water partition coefficient (Wildman–Crippen LogP) is 3.16. The molecule has 1 N–H and O–H groups in total. The zero-order valence-corrected chi connectivity index (χ0v) is 10.1. The van der Waals surface area contributed by atoms with Crippen LogP contribution in [0.15, 0.2) is 29.0 Å². The van der Waals surface area contributed by atoms with Crippen LogP contribution in [0.5, 0.6) is 5.75 Å². The van der Waals surface area contributed by atoms with Gasteiger partial charge in [0, 0.05) is 11.3 Å². The highest BCUT2D eigenvalue weighted by molar-refractivity contribution is 9.10. The van der Waals surface area contributed by atoms with Crippen LogP contribution in [0.1, 0.15) is 5.69 Å². The maximum Gasteiger partial charge on any atom is 0.133 e. The second-order valence-corrected chi connectivity index (χ2v) is 4.08. The molecule has 0 atom stereocenters. The molecule has 0 aliphatic heterocycles. The fourth-order valence-corrected chi connectivity index (χ4v) is 2.00. The molecule has 4 heteroatoms. The summed E-state index contributed by atoms with van der Waals surface area (Å²) in [6, 6.07) is 5.92. The number of H-pyrrole nitrogens is 1. The number of hydrogen-bond donors (Lipinski definition) is 1. The van der Waals surface area contributed by atoms with Gasteiger partial charge in [-0.25, -0.2) is 4.98 Å². The summed E-state index contributed by atoms with van der Waals surface area (Å²) in [4.78, 5) is 7.32. The first kappa shape index (κ1) is 10.2. The maximum absolute atomic E-state index is 5.17. The molecule has 1 aromatic heterocycles. The summed E-state index contributed by atoms with van der Waals surface area (Å²) >= 11 is 3.45. The Kier molecular flexibility index (Phi) is 2.77. The summed E-state index contributed by atoms with van der Waals surface area (Å²) in [5.74, 6) is 0.826. The van der Waals surface area contributed by atoms with Crippen LogP contribution >= 0.6 is 15.9 Å². The van der Waals surface area contributed by atoms with Crippen LogP contribution in [-0.4, -0.2) is 17.1 Å². The number of halogens is 1. The summed E-state index contributed by atoms with van der Waals surface area (Å²) in [5, 5.41) is 0. The van der Waals surface area contributed by atoms with E-state index >= 15 is 0 Å². The normalized spacial score (nSPS) is 10.3. The number of methoxy groups -OCH3 is 1. The number of ether oxygens (including phenoxy) is 1. The highest BCUT2D eigenvalue weighted by Gasteiger charge is 2.07. The molecule has 0 aliphatic carbocycles. The molecule has 0 bridgehead atoms. The summed E-state index contributed by atoms with van der Waals surface area (Å²) in [5.41, 5.74) is 3.10. The molecule has 2 aromatic rings. The van der Waals surface area contributed by atoms with Crippen LogP contribution in [0.2, 0.25) is 0 Å². The van der Waals surface area contributed by atoms with Gasteiger partial charge in [0.25, 0.3) is 0 Å². The Morgan fingerprint density at radius 3 is 2.73 bits per heavy atom. The number of aromatic nitrogens is 2. The monoisotopic (exact) mass is 266 g/mol. The van der Waals surface area contributed by atoms with Gasteiger partial charge in [-0.2, -0.15) is 0 Å². The Hall–Kier alpha value is -1.29. The molecule has 3 nitrogen and oxygen atoms in total. The predicted molar refractivity (Wildman–Crippen MR) is 63.0 cm³/mol. The molecule has 15 heavy (non-hydrogen) atoms. The third kappa shape index (κ3) is 1.90. The minimum Gasteiger partial charge on any atom is -0.496 e. The molecule has 0 radical (unpaired) electrons. The van der Waals surface area contributed by atoms with Crippen molar-refractivity contribution in [3.05, 3.63) is 34.7 Å². The van der Waals surface area contributed by atoms with E-state index in [9.17, 15) is 0 Å². The third-order valence-corrected chi connectivity index (χ3v) is 2.87. The Morgan fingerprint density at radius 2 is 2.20 bits per heavy atom. The molecule has 2 rings (SSSR count). The fourth-order valence-electron chi connectivity index (χ4n) is 1.46. The van der Waals surface area contributed by atoms with Crippen molar-refractivity contribution in [1.82, 2.24) is 9.97 Å². The van der Waals surface area contributed by atoms with Gasteiger partial charge in [0.15, 0.2) is 0 Å². The van der Waals surface area contributed by atoms with Crippen molar-refractivity contribution in [2.45, 2.75) is 6.92 Å². The standard InChI is InChI=1S/C11H11BrN2O/c1-7-11(14-6-13-7)8-3-4-10(15-2)9(12)5-8/h3-6H,1-2H3,(H,13,14). The molecular weight excluding hydrogens is 256 g/mol. The van der Waals surface area contributed by atoms with E-state index in [2.05, 4.69) is 25.9 Å². The minimum absolute atomic E-state index is 0.826. The van der Waals surface area contributed by atoms with E-state index < -0.39 is 0 Å². The van der Waals surface area contributed by atoms with E-state index in [1.54, 1.807) is 13.4 Å². The van der Waals surface area contributed by atoms with E-state index in [0.29, 0.717) is 0 Å². The molecule has 1 heterocycles. The van der Waals surface area contributed by atoms with Crippen LogP contribution in [0.3, 0.4) is 0 Å². The quantitative estimate of drug-likeness (QED) is 0.907. The van der Waals surface area contributed by atoms with Crippen LogP contribution in [0, 0.1) is 6.92 Å². The van der Waals surface area contributed by atoms with Gasteiger partial charge in [-0.1, -0.05) is 0 Å². The van der Waals surface area contributed by atoms with Crippen molar-refractivity contribution < 1.29 is 4.74 Å². The summed E-state index contributed by atoms with van der Waals surface area (Å²) in [6.07, 6.45) is 1.70. The lowest BCUT2D eigenvalue weighted by Gasteiger charge is -2.05. The zero-order valence-electron chi connectivity index (χ0n) is 8.54. The topological polar surface area (TPSA) is 37.9 Å². The average Bonchev–Trinajstić information content (AvgIpc) is 2.64. The third-order valence-electron chi connectivity index (χ3n) is 2.26. The second kappa shape index (κ2) is 4.06. The van der Waals surface area contributed by atoms with E-state index in [-0.39, 0.29) is 0 Å². The van der Waals surface area contributed by atoms with Crippen molar-refractivity contribution in [1.29, 1.82) is 0 Å². The molecule has 0 spiro atoms. The van der Waals surface area contributed by atoms with Crippen molar-refractivity contribution >= 4 is 15.9 Å². The molecule has 0 saturated heterocycles. The molecule has 0 unspecified atom stereocenters. The van der Waals surface area contributed by atoms with Crippen LogP contribution in [0.25, 0.3) is 11.3 Å². The summed E-state index contributed by atoms with van der Waals surface area (Å²) in [7, 11) is 1.65. The summed E-state index contributed by atoms with van der Waals surface area (Å²) in [6.45, 7) is 2.00. The van der Waals surface area contributed by atoms with Gasteiger partial charge in [0.05, 0.1) is 23.6 Å². The van der Waals surface area contributed by atoms with Gasteiger partial charge in [-0.15, -0.1) is 0 Å². The first-order valence-electron chi connectivity index (χ1n) is 4.56. The number of nitrogens with zero attached hydrogens (tertiary/aromatic N) is 1. The number of imidazole rings is 1. The lowest BCUT2D eigenvalue weighted by atomic mass is 10.1. The van der Waals surface area contributed by atoms with E-state index in [4.69, 9.17) is 4.74 Å². The van der Waals surface area contributed by atoms with E-state index in [0.717, 1.165) is 27.2 Å². The van der Waals surface area contributed by atoms with Crippen molar-refractivity contribution in [2.24, 2.45) is 0 Å². The molecule has 1 aromatic carbocycles. The molecule has 78 valence electrons. The van der Waals surface area contributed by atoms with Crippen molar-refractivity contribution in [2.75, 3.05) is 7.11 Å². The zero-order chi connectivity index (χ0) is 10.8. The number of benzene rings is 1. The lowest BCUT2D eigenvalue weighted by molar-refractivity contribution is 0.412. The maximum atomic E-state index is 5.17. The highest BCUT2D eigenvalue weighted by atomic mass is 79.9.